The highest BCUT2D eigenvalue weighted by atomic mass is 16.2. The van der Waals surface area contributed by atoms with Gasteiger partial charge in [-0.05, 0) is 13.0 Å². The van der Waals surface area contributed by atoms with Crippen molar-refractivity contribution in [1.82, 2.24) is 29.1 Å². The Labute approximate surface area is 130 Å². The van der Waals surface area contributed by atoms with E-state index in [2.05, 4.69) is 15.0 Å². The summed E-state index contributed by atoms with van der Waals surface area (Å²) >= 11 is 0. The third-order valence-corrected chi connectivity index (χ3v) is 4.25. The van der Waals surface area contributed by atoms with Gasteiger partial charge in [0.1, 0.15) is 11.9 Å². The van der Waals surface area contributed by atoms with E-state index in [-0.39, 0.29) is 11.9 Å². The lowest BCUT2D eigenvalue weighted by molar-refractivity contribution is -0.136. The molecule has 22 heavy (non-hydrogen) atoms. The van der Waals surface area contributed by atoms with Gasteiger partial charge in [0.15, 0.2) is 0 Å². The van der Waals surface area contributed by atoms with Crippen molar-refractivity contribution in [2.45, 2.75) is 19.5 Å². The first kappa shape index (κ1) is 14.8. The van der Waals surface area contributed by atoms with Gasteiger partial charge < -0.3 is 9.47 Å². The summed E-state index contributed by atoms with van der Waals surface area (Å²) in [7, 11) is 2.01. The van der Waals surface area contributed by atoms with Gasteiger partial charge in [0, 0.05) is 58.0 Å². The number of rotatable bonds is 4. The van der Waals surface area contributed by atoms with Crippen molar-refractivity contribution in [2.24, 2.45) is 7.05 Å². The molecule has 0 saturated carbocycles. The molecular weight excluding hydrogens is 280 g/mol. The average Bonchev–Trinajstić information content (AvgIpc) is 3.19. The first-order valence-corrected chi connectivity index (χ1v) is 7.61. The minimum Gasteiger partial charge on any atom is -0.338 e. The van der Waals surface area contributed by atoms with Gasteiger partial charge in [-0.25, -0.2) is 4.98 Å². The van der Waals surface area contributed by atoms with Gasteiger partial charge in [-0.3, -0.25) is 14.4 Å². The van der Waals surface area contributed by atoms with Gasteiger partial charge in [-0.15, -0.1) is 0 Å². The van der Waals surface area contributed by atoms with Crippen molar-refractivity contribution < 1.29 is 4.79 Å². The maximum absolute atomic E-state index is 12.5. The fraction of sp³-hybridized carbons (Fsp3) is 0.533. The Balaban J connectivity index is 1.53. The summed E-state index contributed by atoms with van der Waals surface area (Å²) in [6.45, 7) is 6.01. The Morgan fingerprint density at radius 1 is 1.23 bits per heavy atom. The summed E-state index contributed by atoms with van der Waals surface area (Å²) in [6, 6.07) is 1.60. The predicted molar refractivity (Wildman–Crippen MR) is 82.0 cm³/mol. The smallest absolute Gasteiger partial charge is 0.247 e. The van der Waals surface area contributed by atoms with Crippen LogP contribution in [0.3, 0.4) is 0 Å². The highest BCUT2D eigenvalue weighted by molar-refractivity contribution is 5.80. The van der Waals surface area contributed by atoms with Crippen molar-refractivity contribution in [1.29, 1.82) is 0 Å². The number of carbonyl (C=O) groups excluding carboxylic acids is 1. The number of imidazole rings is 1. The van der Waals surface area contributed by atoms with E-state index in [1.807, 2.05) is 48.1 Å². The molecule has 3 rings (SSSR count). The lowest BCUT2D eigenvalue weighted by Crippen LogP contribution is -2.50. The molecule has 1 fully saturated rings. The van der Waals surface area contributed by atoms with E-state index in [4.69, 9.17) is 0 Å². The quantitative estimate of drug-likeness (QED) is 0.826. The second-order valence-corrected chi connectivity index (χ2v) is 5.72. The lowest BCUT2D eigenvalue weighted by atomic mass is 10.2. The molecule has 0 N–H and O–H groups in total. The molecule has 1 saturated heterocycles. The van der Waals surface area contributed by atoms with Gasteiger partial charge in [-0.2, -0.15) is 5.10 Å². The minimum absolute atomic E-state index is 0.139. The molecule has 0 aliphatic carbocycles. The minimum atomic E-state index is -0.240. The van der Waals surface area contributed by atoms with Gasteiger partial charge in [0.05, 0.1) is 6.54 Å². The zero-order valence-electron chi connectivity index (χ0n) is 13.1. The number of aromatic nitrogens is 4. The molecule has 0 spiro atoms. The van der Waals surface area contributed by atoms with Crippen molar-refractivity contribution in [3.63, 3.8) is 0 Å². The van der Waals surface area contributed by atoms with Crippen LogP contribution in [-0.2, 0) is 18.4 Å². The average molecular weight is 302 g/mol. The monoisotopic (exact) mass is 302 g/mol. The Kier molecular flexibility index (Phi) is 4.24. The molecule has 1 atom stereocenters. The molecule has 0 radical (unpaired) electrons. The third-order valence-electron chi connectivity index (χ3n) is 4.25. The van der Waals surface area contributed by atoms with E-state index in [0.717, 1.165) is 38.5 Å². The van der Waals surface area contributed by atoms with E-state index in [0.29, 0.717) is 0 Å². The summed E-state index contributed by atoms with van der Waals surface area (Å²) in [5.74, 6) is 1.20. The Morgan fingerprint density at radius 2 is 2.00 bits per heavy atom. The zero-order valence-corrected chi connectivity index (χ0v) is 13.1. The molecule has 2 aromatic heterocycles. The number of amides is 1. The largest absolute Gasteiger partial charge is 0.338 e. The topological polar surface area (TPSA) is 59.2 Å². The molecule has 118 valence electrons. The Hall–Kier alpha value is -2.15. The van der Waals surface area contributed by atoms with Gasteiger partial charge in [-0.1, -0.05) is 0 Å². The van der Waals surface area contributed by atoms with E-state index in [1.54, 1.807) is 10.9 Å². The maximum atomic E-state index is 12.5. The molecule has 0 aromatic carbocycles. The maximum Gasteiger partial charge on any atom is 0.247 e. The summed E-state index contributed by atoms with van der Waals surface area (Å²) in [5.41, 5.74) is 0. The number of aryl methyl sites for hydroxylation is 1. The van der Waals surface area contributed by atoms with E-state index < -0.39 is 0 Å². The van der Waals surface area contributed by atoms with Crippen LogP contribution in [0.1, 0.15) is 18.8 Å². The first-order valence-electron chi connectivity index (χ1n) is 7.61. The SMILES string of the molecule is C[C@H](C(=O)N1CCN(Cc2nccn2C)CC1)n1cccn1. The van der Waals surface area contributed by atoms with Crippen LogP contribution in [0.2, 0.25) is 0 Å². The molecule has 1 aliphatic heterocycles. The number of hydrogen-bond acceptors (Lipinski definition) is 4. The van der Waals surface area contributed by atoms with E-state index in [1.165, 1.54) is 0 Å². The van der Waals surface area contributed by atoms with Crippen LogP contribution < -0.4 is 0 Å². The molecule has 7 nitrogen and oxygen atoms in total. The number of piperazine rings is 1. The van der Waals surface area contributed by atoms with E-state index >= 15 is 0 Å². The van der Waals surface area contributed by atoms with E-state index in [9.17, 15) is 4.79 Å². The van der Waals surface area contributed by atoms with Crippen LogP contribution in [0.5, 0.6) is 0 Å². The van der Waals surface area contributed by atoms with Crippen LogP contribution in [0.4, 0.5) is 0 Å². The van der Waals surface area contributed by atoms with Crippen LogP contribution >= 0.6 is 0 Å². The Bertz CT molecular complexity index is 612. The second-order valence-electron chi connectivity index (χ2n) is 5.72. The molecule has 0 bridgehead atoms. The Morgan fingerprint density at radius 3 is 2.59 bits per heavy atom. The van der Waals surface area contributed by atoms with Crippen molar-refractivity contribution in [3.8, 4) is 0 Å². The molecule has 7 heteroatoms. The highest BCUT2D eigenvalue weighted by Gasteiger charge is 2.26. The summed E-state index contributed by atoms with van der Waals surface area (Å²) in [6.07, 6.45) is 7.32. The molecule has 1 amide bonds. The molecule has 0 unspecified atom stereocenters. The molecule has 1 aliphatic rings. The van der Waals surface area contributed by atoms with Crippen molar-refractivity contribution in [3.05, 3.63) is 36.7 Å². The van der Waals surface area contributed by atoms with Crippen molar-refractivity contribution in [2.75, 3.05) is 26.2 Å². The van der Waals surface area contributed by atoms with Gasteiger partial charge >= 0.3 is 0 Å². The molecule has 2 aromatic rings. The summed E-state index contributed by atoms with van der Waals surface area (Å²) < 4.78 is 3.75. The second kappa shape index (κ2) is 6.31. The third kappa shape index (κ3) is 3.04. The highest BCUT2D eigenvalue weighted by Crippen LogP contribution is 2.12. The zero-order chi connectivity index (χ0) is 15.5. The van der Waals surface area contributed by atoms with Crippen LogP contribution in [0.25, 0.3) is 0 Å². The fourth-order valence-electron chi connectivity index (χ4n) is 2.76. The van der Waals surface area contributed by atoms with Crippen LogP contribution in [0.15, 0.2) is 30.9 Å². The fourth-order valence-corrected chi connectivity index (χ4v) is 2.76. The predicted octanol–water partition coefficient (Wildman–Crippen LogP) is 0.522. The number of nitrogens with zero attached hydrogens (tertiary/aromatic N) is 6. The van der Waals surface area contributed by atoms with Gasteiger partial charge in [0.25, 0.3) is 0 Å². The normalized spacial score (nSPS) is 17.6. The number of hydrogen-bond donors (Lipinski definition) is 0. The standard InChI is InChI=1S/C15H22N6O/c1-13(21-6-3-4-17-21)15(22)20-10-8-19(9-11-20)12-14-16-5-7-18(14)2/h3-7,13H,8-12H2,1-2H3/t13-/m1/s1. The van der Waals surface area contributed by atoms with Crippen LogP contribution in [0, 0.1) is 0 Å². The molecule has 3 heterocycles. The van der Waals surface area contributed by atoms with Crippen molar-refractivity contribution >= 4 is 5.91 Å². The summed E-state index contributed by atoms with van der Waals surface area (Å²) in [5, 5.41) is 4.15. The van der Waals surface area contributed by atoms with Gasteiger partial charge in [0.2, 0.25) is 5.91 Å². The lowest BCUT2D eigenvalue weighted by Gasteiger charge is -2.35. The summed E-state index contributed by atoms with van der Waals surface area (Å²) in [4.78, 5) is 21.1. The first-order chi connectivity index (χ1) is 10.6. The van der Waals surface area contributed by atoms with Crippen LogP contribution in [-0.4, -0.2) is 61.2 Å². The molecular formula is C15H22N6O. The number of carbonyl (C=O) groups is 1.